The number of aliphatic hydroxyl groups is 4. The van der Waals surface area contributed by atoms with E-state index < -0.39 is 5.79 Å². The number of ether oxygens (including phenoxy) is 1. The van der Waals surface area contributed by atoms with Crippen LogP contribution < -0.4 is 0 Å². The fourth-order valence-electron chi connectivity index (χ4n) is 1.70. The molecule has 0 heterocycles. The first-order chi connectivity index (χ1) is 10.6. The Morgan fingerprint density at radius 3 is 1.87 bits per heavy atom. The molecule has 0 spiro atoms. The maximum Gasteiger partial charge on any atom is 0.225 e. The molecular weight excluding hydrogens is 296 g/mol. The minimum absolute atomic E-state index is 0.0278. The Hall–Kier alpha value is -0.640. The van der Waals surface area contributed by atoms with Crippen LogP contribution in [-0.2, 0) is 4.74 Å². The van der Waals surface area contributed by atoms with E-state index in [9.17, 15) is 0 Å². The molecule has 0 bridgehead atoms. The molecule has 5 nitrogen and oxygen atoms in total. The summed E-state index contributed by atoms with van der Waals surface area (Å²) in [5, 5.41) is 34.5. The average Bonchev–Trinajstić information content (AvgIpc) is 2.46. The summed E-state index contributed by atoms with van der Waals surface area (Å²) in [6.45, 7) is 10.5. The molecule has 0 aromatic rings. The molecule has 0 radical (unpaired) electrons. The van der Waals surface area contributed by atoms with Crippen LogP contribution in [0.4, 0.5) is 0 Å². The molecule has 138 valence electrons. The Morgan fingerprint density at radius 1 is 0.957 bits per heavy atom. The van der Waals surface area contributed by atoms with Crippen LogP contribution in [0.15, 0.2) is 0 Å². The van der Waals surface area contributed by atoms with E-state index in [1.54, 1.807) is 0 Å². The Kier molecular flexibility index (Phi) is 14.7. The maximum atomic E-state index is 9.16. The molecule has 0 fully saturated rings. The maximum absolute atomic E-state index is 9.16. The van der Waals surface area contributed by atoms with E-state index in [4.69, 9.17) is 20.4 Å². The van der Waals surface area contributed by atoms with E-state index in [1.165, 1.54) is 26.2 Å². The second kappa shape index (κ2) is 13.8. The van der Waals surface area contributed by atoms with Gasteiger partial charge in [-0.15, -0.1) is 0 Å². The van der Waals surface area contributed by atoms with Gasteiger partial charge in [-0.25, -0.2) is 0 Å². The molecule has 5 heteroatoms. The predicted molar refractivity (Wildman–Crippen MR) is 92.7 cm³/mol. The molecule has 0 aliphatic rings. The van der Waals surface area contributed by atoms with Crippen LogP contribution in [0.2, 0.25) is 0 Å². The van der Waals surface area contributed by atoms with Crippen LogP contribution in [0, 0.1) is 23.2 Å². The van der Waals surface area contributed by atoms with Gasteiger partial charge in [-0.1, -0.05) is 39.0 Å². The second-order valence-electron chi connectivity index (χ2n) is 6.45. The highest BCUT2D eigenvalue weighted by molar-refractivity contribution is 5.14. The summed E-state index contributed by atoms with van der Waals surface area (Å²) >= 11 is 0. The second-order valence-corrected chi connectivity index (χ2v) is 6.45. The first kappa shape index (κ1) is 24.6. The summed E-state index contributed by atoms with van der Waals surface area (Å²) in [5.41, 5.74) is -0.166. The minimum atomic E-state index is -1.87. The highest BCUT2D eigenvalue weighted by atomic mass is 16.5. The minimum Gasteiger partial charge on any atom is -0.394 e. The summed E-state index contributed by atoms with van der Waals surface area (Å²) in [4.78, 5) is 0. The highest BCUT2D eigenvalue weighted by Crippen LogP contribution is 2.30. The van der Waals surface area contributed by atoms with Gasteiger partial charge < -0.3 is 25.2 Å². The van der Waals surface area contributed by atoms with E-state index >= 15 is 0 Å². The number of aliphatic hydroxyl groups excluding tert-OH is 2. The lowest BCUT2D eigenvalue weighted by molar-refractivity contribution is -0.0918. The number of rotatable bonds is 9. The van der Waals surface area contributed by atoms with Crippen molar-refractivity contribution >= 4 is 0 Å². The van der Waals surface area contributed by atoms with Gasteiger partial charge in [-0.05, 0) is 32.1 Å². The Bertz CT molecular complexity index is 319. The fourth-order valence-corrected chi connectivity index (χ4v) is 1.70. The molecule has 0 amide bonds. The van der Waals surface area contributed by atoms with Crippen molar-refractivity contribution in [1.29, 1.82) is 0 Å². The van der Waals surface area contributed by atoms with E-state index in [1.807, 2.05) is 0 Å². The van der Waals surface area contributed by atoms with Gasteiger partial charge in [0.25, 0.3) is 0 Å². The van der Waals surface area contributed by atoms with Crippen molar-refractivity contribution in [2.45, 2.75) is 66.1 Å². The van der Waals surface area contributed by atoms with Crippen molar-refractivity contribution in [3.8, 4) is 11.8 Å². The average molecular weight is 332 g/mol. The molecule has 0 aromatic carbocycles. The van der Waals surface area contributed by atoms with E-state index in [0.29, 0.717) is 19.1 Å². The van der Waals surface area contributed by atoms with Gasteiger partial charge in [0.05, 0.1) is 26.4 Å². The van der Waals surface area contributed by atoms with Crippen LogP contribution >= 0.6 is 0 Å². The van der Waals surface area contributed by atoms with Gasteiger partial charge >= 0.3 is 0 Å². The molecule has 1 unspecified atom stereocenters. The van der Waals surface area contributed by atoms with Crippen molar-refractivity contribution in [1.82, 2.24) is 0 Å². The summed E-state index contributed by atoms with van der Waals surface area (Å²) in [6.07, 6.45) is 4.84. The van der Waals surface area contributed by atoms with Gasteiger partial charge in [0.1, 0.15) is 0 Å². The summed E-state index contributed by atoms with van der Waals surface area (Å²) < 4.78 is 4.63. The summed E-state index contributed by atoms with van der Waals surface area (Å²) in [5.74, 6) is 4.06. The SMILES string of the molecule is CCCCCC(C)C(C)(C)C#CC(C)(O)O.OCCOCCO. The van der Waals surface area contributed by atoms with Crippen LogP contribution in [0.3, 0.4) is 0 Å². The molecular formula is C18H36O5. The van der Waals surface area contributed by atoms with Gasteiger partial charge in [0.15, 0.2) is 0 Å². The van der Waals surface area contributed by atoms with E-state index in [2.05, 4.69) is 44.3 Å². The lowest BCUT2D eigenvalue weighted by Gasteiger charge is -2.26. The third kappa shape index (κ3) is 17.5. The van der Waals surface area contributed by atoms with Crippen molar-refractivity contribution < 1.29 is 25.2 Å². The van der Waals surface area contributed by atoms with Crippen LogP contribution in [0.5, 0.6) is 0 Å². The highest BCUT2D eigenvalue weighted by Gasteiger charge is 2.24. The van der Waals surface area contributed by atoms with Crippen molar-refractivity contribution in [3.05, 3.63) is 0 Å². The third-order valence-electron chi connectivity index (χ3n) is 3.57. The number of hydrogen-bond donors (Lipinski definition) is 4. The zero-order valence-corrected chi connectivity index (χ0v) is 15.4. The van der Waals surface area contributed by atoms with E-state index in [-0.39, 0.29) is 18.6 Å². The van der Waals surface area contributed by atoms with Gasteiger partial charge in [0, 0.05) is 12.3 Å². The largest absolute Gasteiger partial charge is 0.394 e. The van der Waals surface area contributed by atoms with Crippen molar-refractivity contribution in [3.63, 3.8) is 0 Å². The summed E-state index contributed by atoms with van der Waals surface area (Å²) in [7, 11) is 0. The molecule has 0 saturated heterocycles. The Balaban J connectivity index is 0. The quantitative estimate of drug-likeness (QED) is 0.294. The monoisotopic (exact) mass is 332 g/mol. The van der Waals surface area contributed by atoms with Gasteiger partial charge in [-0.2, -0.15) is 0 Å². The van der Waals surface area contributed by atoms with Crippen LogP contribution in [-0.4, -0.2) is 52.6 Å². The van der Waals surface area contributed by atoms with Crippen molar-refractivity contribution in [2.24, 2.45) is 11.3 Å². The first-order valence-corrected chi connectivity index (χ1v) is 8.39. The Morgan fingerprint density at radius 2 is 1.48 bits per heavy atom. The lowest BCUT2D eigenvalue weighted by Crippen LogP contribution is -2.24. The van der Waals surface area contributed by atoms with Gasteiger partial charge in [0.2, 0.25) is 5.79 Å². The number of unbranched alkanes of at least 4 members (excludes halogenated alkanes) is 2. The molecule has 0 rings (SSSR count). The molecule has 0 aromatic heterocycles. The summed E-state index contributed by atoms with van der Waals surface area (Å²) in [6, 6.07) is 0. The molecule has 23 heavy (non-hydrogen) atoms. The molecule has 4 N–H and O–H groups in total. The standard InChI is InChI=1S/C14H26O2.C4H10O3/c1-6-7-8-9-12(2)13(3,4)10-11-14(5,15)16;5-1-3-7-4-2-6/h12,15-16H,6-9H2,1-5H3;5-6H,1-4H2. The number of hydrogen-bond acceptors (Lipinski definition) is 5. The molecule has 0 aliphatic carbocycles. The smallest absolute Gasteiger partial charge is 0.225 e. The van der Waals surface area contributed by atoms with E-state index in [0.717, 1.165) is 6.42 Å². The first-order valence-electron chi connectivity index (χ1n) is 8.39. The van der Waals surface area contributed by atoms with Gasteiger partial charge in [-0.3, -0.25) is 0 Å². The van der Waals surface area contributed by atoms with Crippen LogP contribution in [0.1, 0.15) is 60.3 Å². The van der Waals surface area contributed by atoms with Crippen molar-refractivity contribution in [2.75, 3.05) is 26.4 Å². The Labute approximate surface area is 141 Å². The molecule has 0 saturated carbocycles. The topological polar surface area (TPSA) is 90.2 Å². The zero-order chi connectivity index (χ0) is 18.4. The molecule has 0 aliphatic heterocycles. The zero-order valence-electron chi connectivity index (χ0n) is 15.4. The third-order valence-corrected chi connectivity index (χ3v) is 3.57. The lowest BCUT2D eigenvalue weighted by atomic mass is 9.77. The normalized spacial score (nSPS) is 12.7. The predicted octanol–water partition coefficient (Wildman–Crippen LogP) is 1.92. The fraction of sp³-hybridized carbons (Fsp3) is 0.889. The molecule has 1 atom stereocenters. The van der Waals surface area contributed by atoms with Crippen LogP contribution in [0.25, 0.3) is 0 Å².